The van der Waals surface area contributed by atoms with E-state index in [1.807, 2.05) is 12.1 Å². The molecular formula is C34H38O6. The van der Waals surface area contributed by atoms with E-state index in [0.29, 0.717) is 48.7 Å². The van der Waals surface area contributed by atoms with E-state index in [0.717, 1.165) is 29.5 Å². The minimum atomic E-state index is -2.28. The van der Waals surface area contributed by atoms with Crippen molar-refractivity contribution in [3.8, 4) is 16.9 Å². The van der Waals surface area contributed by atoms with Crippen LogP contribution in [0.25, 0.3) is 11.1 Å². The lowest BCUT2D eigenvalue weighted by Crippen LogP contribution is -2.56. The maximum absolute atomic E-state index is 14.2. The van der Waals surface area contributed by atoms with Crippen molar-refractivity contribution in [1.82, 2.24) is 0 Å². The molecule has 0 heterocycles. The monoisotopic (exact) mass is 542 g/mol. The first kappa shape index (κ1) is 28.0. The summed E-state index contributed by atoms with van der Waals surface area (Å²) in [7, 11) is 0. The van der Waals surface area contributed by atoms with Crippen LogP contribution < -0.4 is 4.74 Å². The number of unbranched alkanes of at least 4 members (excludes halogenated alkanes) is 1. The summed E-state index contributed by atoms with van der Waals surface area (Å²) in [5.41, 5.74) is 2.72. The second-order valence-electron chi connectivity index (χ2n) is 11.9. The summed E-state index contributed by atoms with van der Waals surface area (Å²) >= 11 is 0. The van der Waals surface area contributed by atoms with Crippen LogP contribution in [0.2, 0.25) is 0 Å². The molecule has 6 nitrogen and oxygen atoms in total. The number of carbonyl (C=O) groups is 3. The van der Waals surface area contributed by atoms with Crippen LogP contribution in [-0.2, 0) is 16.0 Å². The number of allylic oxidation sites excluding steroid dienone is 2. The van der Waals surface area contributed by atoms with Crippen LogP contribution in [0.5, 0.6) is 5.75 Å². The van der Waals surface area contributed by atoms with Crippen LogP contribution in [0.4, 0.5) is 0 Å². The zero-order chi connectivity index (χ0) is 28.9. The van der Waals surface area contributed by atoms with Gasteiger partial charge in [0.2, 0.25) is 5.78 Å². The SMILES string of the molecule is CCCCOc1ccc(-c2ccc(C(C)C)cc2)c2c1C(=O)C1=C(O)[C@]3(O)C(=O)C(C(C)=O)=C(C)C[C@@H]3C[C@@H]1C2. The number of benzene rings is 2. The average molecular weight is 543 g/mol. The summed E-state index contributed by atoms with van der Waals surface area (Å²) in [4.78, 5) is 40.0. The Morgan fingerprint density at radius 2 is 1.80 bits per heavy atom. The Morgan fingerprint density at radius 1 is 1.10 bits per heavy atom. The van der Waals surface area contributed by atoms with Crippen LogP contribution >= 0.6 is 0 Å². The number of aliphatic hydroxyl groups is 2. The molecule has 210 valence electrons. The number of hydrogen-bond acceptors (Lipinski definition) is 6. The fourth-order valence-corrected chi connectivity index (χ4v) is 6.78. The maximum Gasteiger partial charge on any atom is 0.205 e. The van der Waals surface area contributed by atoms with Gasteiger partial charge in [0.15, 0.2) is 17.2 Å². The number of Topliss-reactive ketones (excluding diaryl/α,β-unsaturated/α-hetero) is 3. The van der Waals surface area contributed by atoms with Gasteiger partial charge in [0.25, 0.3) is 0 Å². The minimum absolute atomic E-state index is 0.0645. The van der Waals surface area contributed by atoms with Crippen molar-refractivity contribution in [2.24, 2.45) is 11.8 Å². The van der Waals surface area contributed by atoms with Gasteiger partial charge in [0.05, 0.1) is 17.7 Å². The van der Waals surface area contributed by atoms with Gasteiger partial charge in [-0.25, -0.2) is 0 Å². The third-order valence-corrected chi connectivity index (χ3v) is 8.93. The van der Waals surface area contributed by atoms with Crippen molar-refractivity contribution in [2.45, 2.75) is 78.2 Å². The quantitative estimate of drug-likeness (QED) is 0.308. The fourth-order valence-electron chi connectivity index (χ4n) is 6.78. The number of ether oxygens (including phenoxy) is 1. The predicted octanol–water partition coefficient (Wildman–Crippen LogP) is 6.45. The van der Waals surface area contributed by atoms with Crippen molar-refractivity contribution in [1.29, 1.82) is 0 Å². The van der Waals surface area contributed by atoms with Crippen LogP contribution in [0.15, 0.2) is 58.9 Å². The van der Waals surface area contributed by atoms with Gasteiger partial charge in [-0.15, -0.1) is 0 Å². The van der Waals surface area contributed by atoms with Crippen molar-refractivity contribution >= 4 is 17.3 Å². The Morgan fingerprint density at radius 3 is 2.42 bits per heavy atom. The summed E-state index contributed by atoms with van der Waals surface area (Å²) < 4.78 is 6.08. The Balaban J connectivity index is 1.66. The summed E-state index contributed by atoms with van der Waals surface area (Å²) in [6.45, 7) is 9.82. The Labute approximate surface area is 235 Å². The minimum Gasteiger partial charge on any atom is -0.508 e. The molecule has 0 amide bonds. The van der Waals surface area contributed by atoms with Gasteiger partial charge in [0, 0.05) is 11.5 Å². The predicted molar refractivity (Wildman–Crippen MR) is 154 cm³/mol. The lowest BCUT2D eigenvalue weighted by atomic mass is 9.59. The molecule has 0 saturated heterocycles. The van der Waals surface area contributed by atoms with Crippen LogP contribution in [0, 0.1) is 11.8 Å². The highest BCUT2D eigenvalue weighted by atomic mass is 16.5. The molecule has 6 heteroatoms. The van der Waals surface area contributed by atoms with E-state index in [9.17, 15) is 24.6 Å². The zero-order valence-electron chi connectivity index (χ0n) is 24.0. The largest absolute Gasteiger partial charge is 0.508 e. The second-order valence-corrected chi connectivity index (χ2v) is 11.9. The third kappa shape index (κ3) is 4.33. The molecule has 5 rings (SSSR count). The first-order valence-corrected chi connectivity index (χ1v) is 14.4. The number of rotatable bonds is 7. The van der Waals surface area contributed by atoms with Crippen LogP contribution in [-0.4, -0.2) is 39.8 Å². The molecule has 0 fully saturated rings. The topological polar surface area (TPSA) is 101 Å². The number of aliphatic hydroxyl groups excluding tert-OH is 1. The van der Waals surface area contributed by atoms with E-state index in [4.69, 9.17) is 4.74 Å². The van der Waals surface area contributed by atoms with Gasteiger partial charge >= 0.3 is 0 Å². The van der Waals surface area contributed by atoms with Crippen molar-refractivity contribution in [2.75, 3.05) is 6.61 Å². The number of hydrogen-bond donors (Lipinski definition) is 2. The van der Waals surface area contributed by atoms with Gasteiger partial charge in [0.1, 0.15) is 11.5 Å². The summed E-state index contributed by atoms with van der Waals surface area (Å²) in [5, 5.41) is 23.2. The molecule has 40 heavy (non-hydrogen) atoms. The van der Waals surface area contributed by atoms with E-state index >= 15 is 0 Å². The lowest BCUT2D eigenvalue weighted by molar-refractivity contribution is -0.143. The molecule has 0 unspecified atom stereocenters. The first-order chi connectivity index (χ1) is 19.0. The van der Waals surface area contributed by atoms with E-state index in [2.05, 4.69) is 45.0 Å². The molecule has 3 aliphatic carbocycles. The van der Waals surface area contributed by atoms with E-state index in [-0.39, 0.29) is 17.1 Å². The van der Waals surface area contributed by atoms with Crippen molar-refractivity contribution in [3.05, 3.63) is 75.6 Å². The number of fused-ring (bicyclic) bond motifs is 3. The summed E-state index contributed by atoms with van der Waals surface area (Å²) in [6, 6.07) is 12.2. The molecular weight excluding hydrogens is 504 g/mol. The maximum atomic E-state index is 14.2. The van der Waals surface area contributed by atoms with E-state index in [1.54, 1.807) is 6.92 Å². The highest BCUT2D eigenvalue weighted by Gasteiger charge is 2.58. The molecule has 0 saturated carbocycles. The van der Waals surface area contributed by atoms with E-state index in [1.165, 1.54) is 12.5 Å². The smallest absolute Gasteiger partial charge is 0.205 e. The molecule has 0 aromatic heterocycles. The Kier molecular flexibility index (Phi) is 7.34. The molecule has 2 aromatic carbocycles. The molecule has 3 atom stereocenters. The molecule has 3 aliphatic rings. The fraction of sp³-hybridized carbons (Fsp3) is 0.441. The summed E-state index contributed by atoms with van der Waals surface area (Å²) in [6.07, 6.45) is 2.88. The Bertz CT molecular complexity index is 1460. The highest BCUT2D eigenvalue weighted by Crippen LogP contribution is 2.52. The number of carbonyl (C=O) groups excluding carboxylic acids is 3. The second kappa shape index (κ2) is 10.5. The van der Waals surface area contributed by atoms with Crippen molar-refractivity contribution in [3.63, 3.8) is 0 Å². The van der Waals surface area contributed by atoms with Gasteiger partial charge in [-0.1, -0.05) is 63.1 Å². The van der Waals surface area contributed by atoms with Crippen LogP contribution in [0.3, 0.4) is 0 Å². The van der Waals surface area contributed by atoms with E-state index < -0.39 is 34.6 Å². The van der Waals surface area contributed by atoms with Crippen LogP contribution in [0.1, 0.15) is 87.7 Å². The van der Waals surface area contributed by atoms with Crippen molar-refractivity contribution < 1.29 is 29.3 Å². The molecule has 0 bridgehead atoms. The molecule has 0 radical (unpaired) electrons. The van der Waals surface area contributed by atoms with Gasteiger partial charge in [-0.05, 0) is 79.7 Å². The normalized spacial score (nSPS) is 24.2. The van der Waals surface area contributed by atoms with Gasteiger partial charge in [-0.3, -0.25) is 14.4 Å². The molecule has 2 N–H and O–H groups in total. The van der Waals surface area contributed by atoms with Gasteiger partial charge in [-0.2, -0.15) is 0 Å². The van der Waals surface area contributed by atoms with Gasteiger partial charge < -0.3 is 14.9 Å². The Hall–Kier alpha value is -3.51. The standard InChI is InChI=1S/C34H38O6/c1-6-7-14-40-27-13-12-25(22-10-8-21(9-11-22)18(2)3)26-17-23-16-24-15-19(4)28(20(5)35)32(37)34(24,39)33(38)29(23)31(36)30(26)27/h8-13,18,23-24,38-39H,6-7,14-17H2,1-5H3/t23-,24-,34-/m1/s1. The molecule has 2 aromatic rings. The highest BCUT2D eigenvalue weighted by molar-refractivity contribution is 6.25. The lowest BCUT2D eigenvalue weighted by Gasteiger charge is -2.46. The third-order valence-electron chi connectivity index (χ3n) is 8.93. The first-order valence-electron chi connectivity index (χ1n) is 14.4. The number of ketones is 3. The molecule has 0 spiro atoms. The average Bonchev–Trinajstić information content (AvgIpc) is 2.90. The summed E-state index contributed by atoms with van der Waals surface area (Å²) in [5.74, 6) is -2.44. The molecule has 0 aliphatic heterocycles. The zero-order valence-corrected chi connectivity index (χ0v) is 24.0.